The van der Waals surface area contributed by atoms with Gasteiger partial charge in [0.1, 0.15) is 30.0 Å². The van der Waals surface area contributed by atoms with E-state index < -0.39 is 17.7 Å². The zero-order chi connectivity index (χ0) is 29.7. The van der Waals surface area contributed by atoms with Crippen molar-refractivity contribution in [2.24, 2.45) is 0 Å². The molecular weight excluding hydrogens is 584 g/mol. The average molecular weight is 609 g/mol. The first-order valence-electron chi connectivity index (χ1n) is 13.8. The highest BCUT2D eigenvalue weighted by molar-refractivity contribution is 7.22. The van der Waals surface area contributed by atoms with Crippen LogP contribution in [0.3, 0.4) is 0 Å². The molecule has 5 aromatic rings. The Morgan fingerprint density at radius 1 is 1.05 bits per heavy atom. The normalized spacial score (nSPS) is 19.1. The number of aromatic nitrogens is 1. The number of halogens is 1. The third-order valence-corrected chi connectivity index (χ3v) is 8.86. The lowest BCUT2D eigenvalue weighted by atomic mass is 9.94. The Morgan fingerprint density at radius 2 is 1.84 bits per heavy atom. The van der Waals surface area contributed by atoms with Crippen molar-refractivity contribution in [2.45, 2.75) is 32.1 Å². The van der Waals surface area contributed by atoms with Crippen LogP contribution in [0.1, 0.15) is 35.2 Å². The third-order valence-electron chi connectivity index (χ3n) is 7.60. The second-order valence-corrected chi connectivity index (χ2v) is 12.0. The van der Waals surface area contributed by atoms with Gasteiger partial charge in [0, 0.05) is 17.0 Å². The largest absolute Gasteiger partial charge is 0.507 e. The maximum Gasteiger partial charge on any atom is 0.301 e. The molecule has 1 saturated heterocycles. The SMILES string of the molecule is C[C@H]1Cc2cc(/C(O)=C3\C(=O)C(=O)N(c4nc5ccc(Cl)cc5s4)[C@@H]3c3ccc(OCc4ccccc4)cc3)ccc2O1. The van der Waals surface area contributed by atoms with Gasteiger partial charge < -0.3 is 14.6 Å². The molecule has 1 fully saturated rings. The fraction of sp³-hybridized carbons (Fsp3) is 0.147. The monoisotopic (exact) mass is 608 g/mol. The average Bonchev–Trinajstić information content (AvgIpc) is 3.68. The summed E-state index contributed by atoms with van der Waals surface area (Å²) in [7, 11) is 0. The molecule has 7 nitrogen and oxygen atoms in total. The third kappa shape index (κ3) is 5.02. The van der Waals surface area contributed by atoms with Crippen LogP contribution in [0.15, 0.2) is 96.6 Å². The van der Waals surface area contributed by atoms with Gasteiger partial charge in [-0.1, -0.05) is 65.4 Å². The van der Waals surface area contributed by atoms with E-state index in [9.17, 15) is 14.7 Å². The van der Waals surface area contributed by atoms with E-state index in [0.29, 0.717) is 45.6 Å². The predicted octanol–water partition coefficient (Wildman–Crippen LogP) is 7.48. The lowest BCUT2D eigenvalue weighted by Gasteiger charge is -2.23. The summed E-state index contributed by atoms with van der Waals surface area (Å²) in [6.07, 6.45) is 0.709. The molecule has 2 aliphatic rings. The summed E-state index contributed by atoms with van der Waals surface area (Å²) in [4.78, 5) is 33.4. The van der Waals surface area contributed by atoms with Crippen LogP contribution in [0.2, 0.25) is 5.02 Å². The van der Waals surface area contributed by atoms with Crippen LogP contribution < -0.4 is 14.4 Å². The first-order chi connectivity index (χ1) is 20.9. The van der Waals surface area contributed by atoms with E-state index in [1.54, 1.807) is 54.6 Å². The first kappa shape index (κ1) is 27.2. The zero-order valence-corrected chi connectivity index (χ0v) is 24.6. The number of nitrogens with zero attached hydrogens (tertiary/aromatic N) is 2. The Morgan fingerprint density at radius 3 is 2.63 bits per heavy atom. The van der Waals surface area contributed by atoms with Crippen LogP contribution in [0.25, 0.3) is 16.0 Å². The first-order valence-corrected chi connectivity index (χ1v) is 15.0. The van der Waals surface area contributed by atoms with Gasteiger partial charge in [-0.15, -0.1) is 0 Å². The summed E-state index contributed by atoms with van der Waals surface area (Å²) in [5.41, 5.74) is 3.69. The minimum absolute atomic E-state index is 0.00726. The molecule has 1 amide bonds. The highest BCUT2D eigenvalue weighted by Gasteiger charge is 2.48. The molecule has 2 atom stereocenters. The lowest BCUT2D eigenvalue weighted by Crippen LogP contribution is -2.29. The molecule has 43 heavy (non-hydrogen) atoms. The Labute approximate surface area is 256 Å². The second-order valence-electron chi connectivity index (χ2n) is 10.6. The summed E-state index contributed by atoms with van der Waals surface area (Å²) in [6.45, 7) is 2.37. The molecule has 3 heterocycles. The number of anilines is 1. The smallest absolute Gasteiger partial charge is 0.301 e. The molecule has 7 rings (SSSR count). The molecule has 0 unspecified atom stereocenters. The Balaban J connectivity index is 1.31. The fourth-order valence-corrected chi connectivity index (χ4v) is 6.81. The number of carbonyl (C=O) groups is 2. The molecule has 0 bridgehead atoms. The molecular formula is C34H25ClN2O5S. The van der Waals surface area contributed by atoms with E-state index in [2.05, 4.69) is 4.98 Å². The van der Waals surface area contributed by atoms with Crippen molar-refractivity contribution in [1.82, 2.24) is 4.98 Å². The zero-order valence-electron chi connectivity index (χ0n) is 23.0. The maximum atomic E-state index is 13.7. The van der Waals surface area contributed by atoms with E-state index in [1.807, 2.05) is 43.3 Å². The minimum atomic E-state index is -0.914. The molecule has 1 aromatic heterocycles. The molecule has 0 saturated carbocycles. The van der Waals surface area contributed by atoms with Crippen molar-refractivity contribution >= 4 is 55.7 Å². The van der Waals surface area contributed by atoms with Gasteiger partial charge in [0.05, 0.1) is 21.8 Å². The predicted molar refractivity (Wildman–Crippen MR) is 167 cm³/mol. The number of thiazole rings is 1. The van der Waals surface area contributed by atoms with E-state index >= 15 is 0 Å². The van der Waals surface area contributed by atoms with Crippen LogP contribution in [-0.2, 0) is 22.6 Å². The number of Topliss-reactive ketones (excluding diaryl/α,β-unsaturated/α-hetero) is 1. The molecule has 214 valence electrons. The summed E-state index contributed by atoms with van der Waals surface area (Å²) in [6, 6.07) is 26.7. The van der Waals surface area contributed by atoms with Crippen molar-refractivity contribution < 1.29 is 24.2 Å². The van der Waals surface area contributed by atoms with Gasteiger partial charge in [0.25, 0.3) is 5.78 Å². The van der Waals surface area contributed by atoms with Crippen molar-refractivity contribution in [3.8, 4) is 11.5 Å². The van der Waals surface area contributed by atoms with E-state index in [-0.39, 0.29) is 17.4 Å². The van der Waals surface area contributed by atoms with E-state index in [4.69, 9.17) is 21.1 Å². The van der Waals surface area contributed by atoms with Crippen LogP contribution >= 0.6 is 22.9 Å². The number of carbonyl (C=O) groups excluding carboxylic acids is 2. The standard InChI is InChI=1S/C34H25ClN2O5S/c1-19-15-23-16-22(9-14-27(23)42-19)31(38)29-30(21-7-11-25(12-8-21)41-18-20-5-3-2-4-6-20)37(33(40)32(29)39)34-36-26-13-10-24(35)17-28(26)43-34/h2-14,16-17,19,30,38H,15,18H2,1H3/b31-29+/t19-,30+/m0/s1. The van der Waals surface area contributed by atoms with E-state index in [0.717, 1.165) is 21.6 Å². The van der Waals surface area contributed by atoms with Gasteiger partial charge in [-0.2, -0.15) is 0 Å². The molecule has 9 heteroatoms. The van der Waals surface area contributed by atoms with Gasteiger partial charge in [0.2, 0.25) is 0 Å². The number of ether oxygens (including phenoxy) is 2. The minimum Gasteiger partial charge on any atom is -0.507 e. The van der Waals surface area contributed by atoms with Crippen LogP contribution in [0.4, 0.5) is 5.13 Å². The molecule has 1 N–H and O–H groups in total. The van der Waals surface area contributed by atoms with Gasteiger partial charge >= 0.3 is 5.91 Å². The van der Waals surface area contributed by atoms with Crippen LogP contribution in [0, 0.1) is 0 Å². The maximum absolute atomic E-state index is 13.7. The summed E-state index contributed by atoms with van der Waals surface area (Å²) < 4.78 is 12.6. The quantitative estimate of drug-likeness (QED) is 0.122. The van der Waals surface area contributed by atoms with Gasteiger partial charge in [-0.25, -0.2) is 4.98 Å². The number of hydrogen-bond donors (Lipinski definition) is 1. The van der Waals surface area contributed by atoms with Crippen molar-refractivity contribution in [1.29, 1.82) is 0 Å². The van der Waals surface area contributed by atoms with Crippen molar-refractivity contribution in [3.63, 3.8) is 0 Å². The number of ketones is 1. The summed E-state index contributed by atoms with van der Waals surface area (Å²) in [5.74, 6) is -0.414. The Hall–Kier alpha value is -4.66. The molecule has 2 aliphatic heterocycles. The topological polar surface area (TPSA) is 89.0 Å². The Kier molecular flexibility index (Phi) is 6.88. The molecule has 0 radical (unpaired) electrons. The summed E-state index contributed by atoms with van der Waals surface area (Å²) in [5, 5.41) is 12.5. The van der Waals surface area contributed by atoms with Crippen molar-refractivity contribution in [3.05, 3.63) is 124 Å². The van der Waals surface area contributed by atoms with E-state index in [1.165, 1.54) is 16.2 Å². The number of aliphatic hydroxyl groups excluding tert-OH is 1. The number of amides is 1. The highest BCUT2D eigenvalue weighted by atomic mass is 35.5. The highest BCUT2D eigenvalue weighted by Crippen LogP contribution is 2.45. The number of rotatable bonds is 6. The molecule has 0 spiro atoms. The Bertz CT molecular complexity index is 1920. The van der Waals surface area contributed by atoms with Crippen LogP contribution in [0.5, 0.6) is 11.5 Å². The van der Waals surface area contributed by atoms with Gasteiger partial charge in [-0.3, -0.25) is 14.5 Å². The lowest BCUT2D eigenvalue weighted by molar-refractivity contribution is -0.132. The van der Waals surface area contributed by atoms with Crippen molar-refractivity contribution in [2.75, 3.05) is 4.90 Å². The second kappa shape index (κ2) is 10.9. The summed E-state index contributed by atoms with van der Waals surface area (Å²) >= 11 is 7.47. The number of hydrogen-bond acceptors (Lipinski definition) is 7. The molecule has 4 aromatic carbocycles. The van der Waals surface area contributed by atoms with Crippen LogP contribution in [-0.4, -0.2) is 27.9 Å². The number of benzene rings is 4. The van der Waals surface area contributed by atoms with Gasteiger partial charge in [-0.05, 0) is 72.1 Å². The van der Waals surface area contributed by atoms with Gasteiger partial charge in [0.15, 0.2) is 5.13 Å². The number of fused-ring (bicyclic) bond motifs is 2. The fourth-order valence-electron chi connectivity index (χ4n) is 5.55. The number of aliphatic hydroxyl groups is 1. The molecule has 0 aliphatic carbocycles.